The van der Waals surface area contributed by atoms with E-state index in [4.69, 9.17) is 27.9 Å². The SMILES string of the molecule is CNC[C@H](c1ccc(Cl)c(Cl)c1)[C@H](O)c1cncc(OC)c1. The van der Waals surface area contributed by atoms with E-state index in [0.717, 1.165) is 5.56 Å². The molecule has 2 atom stereocenters. The number of hydrogen-bond donors (Lipinski definition) is 2. The Bertz CT molecular complexity index is 637. The molecule has 0 radical (unpaired) electrons. The molecular formula is C16H18Cl2N2O2. The Morgan fingerprint density at radius 1 is 1.18 bits per heavy atom. The average molecular weight is 341 g/mol. The van der Waals surface area contributed by atoms with E-state index in [2.05, 4.69) is 10.3 Å². The Morgan fingerprint density at radius 2 is 1.95 bits per heavy atom. The number of aliphatic hydroxyl groups is 1. The summed E-state index contributed by atoms with van der Waals surface area (Å²) in [5, 5.41) is 14.8. The monoisotopic (exact) mass is 340 g/mol. The Kier molecular flexibility index (Phi) is 6.03. The third-order valence-electron chi connectivity index (χ3n) is 3.49. The molecule has 0 unspecified atom stereocenters. The van der Waals surface area contributed by atoms with Crippen LogP contribution in [0.2, 0.25) is 10.0 Å². The first-order valence-electron chi connectivity index (χ1n) is 6.83. The second kappa shape index (κ2) is 7.79. The summed E-state index contributed by atoms with van der Waals surface area (Å²) in [6.07, 6.45) is 2.49. The van der Waals surface area contributed by atoms with Gasteiger partial charge in [0.2, 0.25) is 0 Å². The number of ether oxygens (including phenoxy) is 1. The summed E-state index contributed by atoms with van der Waals surface area (Å²) in [6.45, 7) is 0.580. The first kappa shape index (κ1) is 17.0. The minimum atomic E-state index is -0.743. The van der Waals surface area contributed by atoms with E-state index in [9.17, 15) is 5.11 Å². The number of nitrogens with one attached hydrogen (secondary N) is 1. The zero-order valence-corrected chi connectivity index (χ0v) is 13.9. The van der Waals surface area contributed by atoms with Gasteiger partial charge in [-0.25, -0.2) is 0 Å². The second-order valence-corrected chi connectivity index (χ2v) is 5.76. The number of halogens is 2. The maximum atomic E-state index is 10.7. The van der Waals surface area contributed by atoms with Crippen molar-refractivity contribution >= 4 is 23.2 Å². The maximum absolute atomic E-state index is 10.7. The first-order chi connectivity index (χ1) is 10.6. The Balaban J connectivity index is 2.35. The van der Waals surface area contributed by atoms with Crippen LogP contribution >= 0.6 is 23.2 Å². The molecule has 1 aromatic carbocycles. The zero-order chi connectivity index (χ0) is 16.1. The second-order valence-electron chi connectivity index (χ2n) is 4.94. The van der Waals surface area contributed by atoms with Gasteiger partial charge in [-0.3, -0.25) is 4.98 Å². The summed E-state index contributed by atoms with van der Waals surface area (Å²) in [7, 11) is 3.40. The molecule has 4 nitrogen and oxygen atoms in total. The van der Waals surface area contributed by atoms with Crippen LogP contribution in [0.25, 0.3) is 0 Å². The standard InChI is InChI=1S/C16H18Cl2N2O2/c1-19-9-13(10-3-4-14(17)15(18)6-10)16(21)11-5-12(22-2)8-20-7-11/h3-8,13,16,19,21H,9H2,1-2H3/t13-,16-/m1/s1. The van der Waals surface area contributed by atoms with Crippen LogP contribution in [-0.4, -0.2) is 30.8 Å². The van der Waals surface area contributed by atoms with E-state index >= 15 is 0 Å². The highest BCUT2D eigenvalue weighted by atomic mass is 35.5. The summed E-state index contributed by atoms with van der Waals surface area (Å²) in [5.74, 6) is 0.419. The van der Waals surface area contributed by atoms with Crippen molar-refractivity contribution in [3.8, 4) is 5.75 Å². The van der Waals surface area contributed by atoms with Crippen LogP contribution in [-0.2, 0) is 0 Å². The van der Waals surface area contributed by atoms with Crippen LogP contribution in [0.3, 0.4) is 0 Å². The van der Waals surface area contributed by atoms with Crippen molar-refractivity contribution in [2.75, 3.05) is 20.7 Å². The largest absolute Gasteiger partial charge is 0.495 e. The normalized spacial score (nSPS) is 13.7. The van der Waals surface area contributed by atoms with Crippen LogP contribution in [0.5, 0.6) is 5.75 Å². The van der Waals surface area contributed by atoms with E-state index in [1.165, 1.54) is 0 Å². The Morgan fingerprint density at radius 3 is 2.59 bits per heavy atom. The fourth-order valence-corrected chi connectivity index (χ4v) is 2.62. The van der Waals surface area contributed by atoms with Crippen molar-refractivity contribution in [1.82, 2.24) is 10.3 Å². The van der Waals surface area contributed by atoms with Gasteiger partial charge in [-0.15, -0.1) is 0 Å². The van der Waals surface area contributed by atoms with Crippen LogP contribution < -0.4 is 10.1 Å². The summed E-state index contributed by atoms with van der Waals surface area (Å²) >= 11 is 12.1. The summed E-state index contributed by atoms with van der Waals surface area (Å²) < 4.78 is 5.16. The molecule has 0 spiro atoms. The third kappa shape index (κ3) is 3.90. The van der Waals surface area contributed by atoms with Gasteiger partial charge < -0.3 is 15.2 Å². The van der Waals surface area contributed by atoms with E-state index in [1.54, 1.807) is 37.7 Å². The lowest BCUT2D eigenvalue weighted by Crippen LogP contribution is -2.23. The fraction of sp³-hybridized carbons (Fsp3) is 0.312. The van der Waals surface area contributed by atoms with Gasteiger partial charge in [-0.05, 0) is 30.8 Å². The third-order valence-corrected chi connectivity index (χ3v) is 4.23. The van der Waals surface area contributed by atoms with Gasteiger partial charge in [-0.1, -0.05) is 29.3 Å². The predicted molar refractivity (Wildman–Crippen MR) is 88.9 cm³/mol. The molecule has 2 aromatic rings. The molecule has 0 saturated carbocycles. The lowest BCUT2D eigenvalue weighted by molar-refractivity contribution is 0.143. The number of methoxy groups -OCH3 is 1. The molecule has 6 heteroatoms. The van der Waals surface area contributed by atoms with Gasteiger partial charge in [0.1, 0.15) is 5.75 Å². The molecule has 2 rings (SSSR count). The van der Waals surface area contributed by atoms with Gasteiger partial charge in [0.15, 0.2) is 0 Å². The van der Waals surface area contributed by atoms with Gasteiger partial charge in [0, 0.05) is 24.2 Å². The molecular weight excluding hydrogens is 323 g/mol. The van der Waals surface area contributed by atoms with Crippen molar-refractivity contribution in [1.29, 1.82) is 0 Å². The highest BCUT2D eigenvalue weighted by molar-refractivity contribution is 6.42. The average Bonchev–Trinajstić information content (AvgIpc) is 2.54. The number of hydrogen-bond acceptors (Lipinski definition) is 4. The topological polar surface area (TPSA) is 54.4 Å². The number of aliphatic hydroxyl groups excluding tert-OH is 1. The van der Waals surface area contributed by atoms with Crippen molar-refractivity contribution in [3.63, 3.8) is 0 Å². The number of nitrogens with zero attached hydrogens (tertiary/aromatic N) is 1. The van der Waals surface area contributed by atoms with Gasteiger partial charge >= 0.3 is 0 Å². The Labute approximate surface area is 140 Å². The van der Waals surface area contributed by atoms with Gasteiger partial charge in [-0.2, -0.15) is 0 Å². The predicted octanol–water partition coefficient (Wildman–Crippen LogP) is 3.43. The summed E-state index contributed by atoms with van der Waals surface area (Å²) in [4.78, 5) is 4.09. The van der Waals surface area contributed by atoms with Crippen LogP contribution in [0, 0.1) is 0 Å². The van der Waals surface area contributed by atoms with E-state index in [0.29, 0.717) is 27.9 Å². The molecule has 22 heavy (non-hydrogen) atoms. The highest BCUT2D eigenvalue weighted by Gasteiger charge is 2.23. The molecule has 0 aliphatic rings. The molecule has 1 heterocycles. The molecule has 0 aliphatic heterocycles. The molecule has 2 N–H and O–H groups in total. The van der Waals surface area contributed by atoms with Crippen LogP contribution in [0.4, 0.5) is 0 Å². The molecule has 0 saturated heterocycles. The molecule has 0 aliphatic carbocycles. The lowest BCUT2D eigenvalue weighted by Gasteiger charge is -2.24. The fourth-order valence-electron chi connectivity index (χ4n) is 2.32. The Hall–Kier alpha value is -1.33. The minimum Gasteiger partial charge on any atom is -0.495 e. The summed E-state index contributed by atoms with van der Waals surface area (Å²) in [5.41, 5.74) is 1.59. The zero-order valence-electron chi connectivity index (χ0n) is 12.4. The number of rotatable bonds is 6. The molecule has 0 bridgehead atoms. The summed E-state index contributed by atoms with van der Waals surface area (Å²) in [6, 6.07) is 7.16. The van der Waals surface area contributed by atoms with Crippen molar-refractivity contribution < 1.29 is 9.84 Å². The molecule has 118 valence electrons. The highest BCUT2D eigenvalue weighted by Crippen LogP contribution is 2.34. The lowest BCUT2D eigenvalue weighted by atomic mass is 9.89. The van der Waals surface area contributed by atoms with E-state index in [-0.39, 0.29) is 5.92 Å². The molecule has 0 fully saturated rings. The number of likely N-dealkylation sites (N-methyl/N-ethyl adjacent to an activating group) is 1. The molecule has 0 amide bonds. The number of aromatic nitrogens is 1. The van der Waals surface area contributed by atoms with Crippen LogP contribution in [0.15, 0.2) is 36.7 Å². The minimum absolute atomic E-state index is 0.186. The van der Waals surface area contributed by atoms with E-state index in [1.807, 2.05) is 13.1 Å². The smallest absolute Gasteiger partial charge is 0.137 e. The van der Waals surface area contributed by atoms with Gasteiger partial charge in [0.25, 0.3) is 0 Å². The van der Waals surface area contributed by atoms with Crippen LogP contribution in [0.1, 0.15) is 23.1 Å². The van der Waals surface area contributed by atoms with Gasteiger partial charge in [0.05, 0.1) is 29.5 Å². The van der Waals surface area contributed by atoms with Crippen molar-refractivity contribution in [2.45, 2.75) is 12.0 Å². The quantitative estimate of drug-likeness (QED) is 0.845. The number of pyridine rings is 1. The van der Waals surface area contributed by atoms with Crippen molar-refractivity contribution in [2.24, 2.45) is 0 Å². The van der Waals surface area contributed by atoms with E-state index < -0.39 is 6.10 Å². The van der Waals surface area contributed by atoms with Crippen molar-refractivity contribution in [3.05, 3.63) is 57.8 Å². The number of benzene rings is 1. The molecule has 1 aromatic heterocycles. The first-order valence-corrected chi connectivity index (χ1v) is 7.59. The maximum Gasteiger partial charge on any atom is 0.137 e.